The summed E-state index contributed by atoms with van der Waals surface area (Å²) in [6.07, 6.45) is 10.4. The quantitative estimate of drug-likeness (QED) is 0.380. The molecule has 0 aromatic carbocycles. The summed E-state index contributed by atoms with van der Waals surface area (Å²) in [6, 6.07) is 0. The van der Waals surface area contributed by atoms with Gasteiger partial charge in [-0.05, 0) is 86.4 Å². The van der Waals surface area contributed by atoms with E-state index in [1.807, 2.05) is 0 Å². The Morgan fingerprint density at radius 3 is 2.70 bits per heavy atom. The number of methoxy groups -OCH3 is 1. The number of halogens is 1. The van der Waals surface area contributed by atoms with Gasteiger partial charge in [-0.3, -0.25) is 9.59 Å². The lowest BCUT2D eigenvalue weighted by atomic mass is 9.52. The van der Waals surface area contributed by atoms with Crippen LogP contribution in [0.3, 0.4) is 0 Å². The number of fused-ring (bicyclic) bond motifs is 3. The van der Waals surface area contributed by atoms with Gasteiger partial charge in [0.15, 0.2) is 5.78 Å². The number of ketones is 1. The Morgan fingerprint density at radius 2 is 1.97 bits per heavy atom. The second kappa shape index (κ2) is 8.50. The Hall–Kier alpha value is -0.420. The molecule has 2 aliphatic heterocycles. The zero-order valence-electron chi connectivity index (χ0n) is 19.1. The van der Waals surface area contributed by atoms with Gasteiger partial charge in [0.05, 0.1) is 18.0 Å². The third-order valence-corrected chi connectivity index (χ3v) is 10.9. The zero-order valence-corrected chi connectivity index (χ0v) is 20.7. The van der Waals surface area contributed by atoms with Crippen molar-refractivity contribution >= 4 is 27.7 Å². The van der Waals surface area contributed by atoms with Gasteiger partial charge in [0.1, 0.15) is 5.60 Å². The zero-order chi connectivity index (χ0) is 21.7. The number of Topliss-reactive ketones (excluding diaryl/α,β-unsaturated/α-hetero) is 1. The molecule has 0 aromatic rings. The Morgan fingerprint density at radius 1 is 1.23 bits per heavy atom. The number of rotatable bonds is 4. The van der Waals surface area contributed by atoms with Crippen LogP contribution in [-0.2, 0) is 19.1 Å². The van der Waals surface area contributed by atoms with Gasteiger partial charge in [0.2, 0.25) is 0 Å². The highest BCUT2D eigenvalue weighted by Crippen LogP contribution is 2.65. The molecule has 0 unspecified atom stereocenters. The average Bonchev–Trinajstić information content (AvgIpc) is 3.08. The lowest BCUT2D eigenvalue weighted by Crippen LogP contribution is -2.67. The van der Waals surface area contributed by atoms with Crippen molar-refractivity contribution in [1.29, 1.82) is 0 Å². The minimum Gasteiger partial charge on any atom is -0.469 e. The molecule has 2 bridgehead atoms. The van der Waals surface area contributed by atoms with Crippen molar-refractivity contribution in [2.24, 2.45) is 35.0 Å². The highest BCUT2D eigenvalue weighted by atomic mass is 79.9. The molecule has 2 saturated heterocycles. The lowest BCUT2D eigenvalue weighted by Gasteiger charge is -2.59. The van der Waals surface area contributed by atoms with Crippen LogP contribution in [0.25, 0.3) is 0 Å². The van der Waals surface area contributed by atoms with E-state index in [4.69, 9.17) is 9.47 Å². The van der Waals surface area contributed by atoms with Crippen molar-refractivity contribution in [2.75, 3.05) is 7.11 Å². The summed E-state index contributed by atoms with van der Waals surface area (Å²) < 4.78 is 11.6. The van der Waals surface area contributed by atoms with Gasteiger partial charge in [-0.15, -0.1) is 0 Å². The first-order valence-electron chi connectivity index (χ1n) is 12.2. The van der Waals surface area contributed by atoms with Crippen LogP contribution in [0.5, 0.6) is 0 Å². The third-order valence-electron chi connectivity index (χ3n) is 9.47. The molecule has 9 atom stereocenters. The monoisotopic (exact) mass is 482 g/mol. The van der Waals surface area contributed by atoms with Crippen molar-refractivity contribution in [1.82, 2.24) is 0 Å². The normalized spacial score (nSPS) is 46.9. The summed E-state index contributed by atoms with van der Waals surface area (Å²) in [4.78, 5) is 25.6. The minimum absolute atomic E-state index is 0.0682. The van der Waals surface area contributed by atoms with Gasteiger partial charge in [0.25, 0.3) is 0 Å². The standard InChI is InChI=1S/C25H39BrO4/c1-15-7-9-20-19-11-10-18(16(2)8-12-21(27)29-4)24(19,3)22(26)23(28)25(20)13-5-6-17(14-15)30-25/h15-20,22H,5-14H2,1-4H3/t15-,16+,17+,18-,19+,20-,22-,24-,25-/m0/s1. The van der Waals surface area contributed by atoms with Gasteiger partial charge in [-0.2, -0.15) is 0 Å². The van der Waals surface area contributed by atoms with E-state index in [-0.39, 0.29) is 22.3 Å². The second-order valence-corrected chi connectivity index (χ2v) is 11.9. The fourth-order valence-corrected chi connectivity index (χ4v) is 8.98. The number of hydrogen-bond acceptors (Lipinski definition) is 4. The summed E-state index contributed by atoms with van der Waals surface area (Å²) in [5, 5.41) is 0. The van der Waals surface area contributed by atoms with Crippen LogP contribution < -0.4 is 0 Å². The molecular formula is C25H39BrO4. The molecule has 2 saturated carbocycles. The average molecular weight is 483 g/mol. The summed E-state index contributed by atoms with van der Waals surface area (Å²) in [6.45, 7) is 6.98. The molecule has 2 aliphatic carbocycles. The molecule has 4 rings (SSSR count). The Balaban J connectivity index is 1.64. The number of esters is 1. The topological polar surface area (TPSA) is 52.6 Å². The van der Waals surface area contributed by atoms with E-state index in [0.717, 1.165) is 44.9 Å². The lowest BCUT2D eigenvalue weighted by molar-refractivity contribution is -0.211. The molecule has 0 N–H and O–H groups in total. The fraction of sp³-hybridized carbons (Fsp3) is 0.920. The third kappa shape index (κ3) is 3.50. The molecule has 170 valence electrons. The maximum Gasteiger partial charge on any atom is 0.305 e. The van der Waals surface area contributed by atoms with Crippen molar-refractivity contribution in [2.45, 2.75) is 102 Å². The highest BCUT2D eigenvalue weighted by Gasteiger charge is 2.68. The smallest absolute Gasteiger partial charge is 0.305 e. The molecule has 0 amide bonds. The Labute approximate surface area is 190 Å². The molecule has 4 aliphatic rings. The fourth-order valence-electron chi connectivity index (χ4n) is 7.91. The first-order valence-corrected chi connectivity index (χ1v) is 13.1. The molecule has 4 nitrogen and oxygen atoms in total. The van der Waals surface area contributed by atoms with Gasteiger partial charge < -0.3 is 9.47 Å². The second-order valence-electron chi connectivity index (χ2n) is 11.0. The van der Waals surface area contributed by atoms with Crippen molar-refractivity contribution in [3.05, 3.63) is 0 Å². The van der Waals surface area contributed by atoms with Crippen LogP contribution in [0.1, 0.15) is 85.0 Å². The predicted octanol–water partition coefficient (Wildman–Crippen LogP) is 5.70. The Kier molecular flexibility index (Phi) is 6.45. The van der Waals surface area contributed by atoms with Crippen LogP contribution in [-0.4, -0.2) is 35.4 Å². The van der Waals surface area contributed by atoms with Crippen LogP contribution in [0.15, 0.2) is 0 Å². The summed E-state index contributed by atoms with van der Waals surface area (Å²) in [7, 11) is 1.46. The summed E-state index contributed by atoms with van der Waals surface area (Å²) in [5.41, 5.74) is -0.632. The number of carbonyl (C=O) groups excluding carboxylic acids is 2. The first-order chi connectivity index (χ1) is 14.2. The van der Waals surface area contributed by atoms with Crippen molar-refractivity contribution < 1.29 is 19.1 Å². The van der Waals surface area contributed by atoms with Gasteiger partial charge in [-0.25, -0.2) is 0 Å². The van der Waals surface area contributed by atoms with E-state index in [9.17, 15) is 9.59 Å². The van der Waals surface area contributed by atoms with E-state index >= 15 is 0 Å². The molecule has 4 fully saturated rings. The van der Waals surface area contributed by atoms with Crippen molar-refractivity contribution in [3.8, 4) is 0 Å². The first kappa shape index (κ1) is 22.8. The van der Waals surface area contributed by atoms with Gasteiger partial charge in [0, 0.05) is 6.42 Å². The maximum absolute atomic E-state index is 14.0. The largest absolute Gasteiger partial charge is 0.469 e. The van der Waals surface area contributed by atoms with Crippen LogP contribution >= 0.6 is 15.9 Å². The summed E-state index contributed by atoms with van der Waals surface area (Å²) in [5.74, 6) is 2.55. The number of carbonyl (C=O) groups is 2. The molecule has 30 heavy (non-hydrogen) atoms. The maximum atomic E-state index is 14.0. The number of hydrogen-bond donors (Lipinski definition) is 0. The number of alkyl halides is 1. The highest BCUT2D eigenvalue weighted by molar-refractivity contribution is 9.10. The van der Waals surface area contributed by atoms with E-state index < -0.39 is 5.60 Å². The van der Waals surface area contributed by atoms with Crippen LogP contribution in [0, 0.1) is 35.0 Å². The van der Waals surface area contributed by atoms with E-state index in [1.165, 1.54) is 20.0 Å². The van der Waals surface area contributed by atoms with E-state index in [0.29, 0.717) is 41.8 Å². The molecule has 1 spiro atoms. The number of ether oxygens (including phenoxy) is 2. The van der Waals surface area contributed by atoms with E-state index in [1.54, 1.807) is 0 Å². The predicted molar refractivity (Wildman–Crippen MR) is 120 cm³/mol. The SMILES string of the molecule is COC(=O)CC[C@@H](C)[C@@H]1CC[C@@H]2[C@@H]3CC[C@H](C)C[C@H]4CCC[C@@]3(O4)C(=O)[C@H](Br)[C@]21C. The molecule has 0 aromatic heterocycles. The van der Waals surface area contributed by atoms with Crippen molar-refractivity contribution in [3.63, 3.8) is 0 Å². The summed E-state index contributed by atoms with van der Waals surface area (Å²) >= 11 is 3.94. The minimum atomic E-state index is -0.564. The van der Waals surface area contributed by atoms with Crippen LogP contribution in [0.4, 0.5) is 0 Å². The Bertz CT molecular complexity index is 680. The molecule has 2 heterocycles. The molecule has 5 heteroatoms. The van der Waals surface area contributed by atoms with E-state index in [2.05, 4.69) is 36.7 Å². The van der Waals surface area contributed by atoms with Gasteiger partial charge >= 0.3 is 5.97 Å². The van der Waals surface area contributed by atoms with Gasteiger partial charge in [-0.1, -0.05) is 43.1 Å². The molecule has 0 radical (unpaired) electrons. The van der Waals surface area contributed by atoms with Crippen LogP contribution in [0.2, 0.25) is 0 Å². The molecular weight excluding hydrogens is 444 g/mol.